The number of benzene rings is 1. The number of piperidine rings is 1. The third kappa shape index (κ3) is 3.70. The Hall–Kier alpha value is -1.61. The fourth-order valence-electron chi connectivity index (χ4n) is 2.80. The van der Waals surface area contributed by atoms with Crippen molar-refractivity contribution in [1.29, 1.82) is 0 Å². The van der Waals surface area contributed by atoms with Crippen molar-refractivity contribution in [3.05, 3.63) is 48.6 Å². The van der Waals surface area contributed by atoms with Crippen molar-refractivity contribution in [2.45, 2.75) is 25.2 Å². The lowest BCUT2D eigenvalue weighted by Gasteiger charge is -2.32. The quantitative estimate of drug-likeness (QED) is 0.838. The second-order valence-electron chi connectivity index (χ2n) is 5.49. The lowest BCUT2D eigenvalue weighted by molar-refractivity contribution is -0.133. The SMILES string of the molecule is C=CC(CC(=O)N1CCCC(CO)C1)c1ccccc1. The van der Waals surface area contributed by atoms with E-state index in [2.05, 4.69) is 6.58 Å². The molecule has 0 bridgehead atoms. The first-order chi connectivity index (χ1) is 9.74. The highest BCUT2D eigenvalue weighted by Gasteiger charge is 2.24. The normalized spacial score (nSPS) is 20.4. The number of nitrogens with zero attached hydrogens (tertiary/aromatic N) is 1. The predicted molar refractivity (Wildman–Crippen MR) is 80.4 cm³/mol. The number of likely N-dealkylation sites (tertiary alicyclic amines) is 1. The molecule has 1 saturated heterocycles. The van der Waals surface area contributed by atoms with Gasteiger partial charge in [-0.15, -0.1) is 6.58 Å². The van der Waals surface area contributed by atoms with Gasteiger partial charge in [0.15, 0.2) is 0 Å². The Morgan fingerprint density at radius 2 is 2.20 bits per heavy atom. The van der Waals surface area contributed by atoms with E-state index in [1.807, 2.05) is 41.3 Å². The second kappa shape index (κ2) is 7.25. The molecule has 2 unspecified atom stereocenters. The van der Waals surface area contributed by atoms with Gasteiger partial charge in [-0.25, -0.2) is 0 Å². The number of carbonyl (C=O) groups excluding carboxylic acids is 1. The van der Waals surface area contributed by atoms with Gasteiger partial charge in [-0.2, -0.15) is 0 Å². The Balaban J connectivity index is 1.97. The summed E-state index contributed by atoms with van der Waals surface area (Å²) in [5.41, 5.74) is 1.13. The highest BCUT2D eigenvalue weighted by atomic mass is 16.3. The Morgan fingerprint density at radius 3 is 2.85 bits per heavy atom. The molecule has 1 aliphatic heterocycles. The summed E-state index contributed by atoms with van der Waals surface area (Å²) in [6.07, 6.45) is 4.32. The summed E-state index contributed by atoms with van der Waals surface area (Å²) in [6.45, 7) is 5.53. The first-order valence-electron chi connectivity index (χ1n) is 7.30. The van der Waals surface area contributed by atoms with Gasteiger partial charge in [0.25, 0.3) is 0 Å². The Labute approximate surface area is 120 Å². The molecule has 1 aliphatic rings. The zero-order valence-corrected chi connectivity index (χ0v) is 11.9. The van der Waals surface area contributed by atoms with Crippen LogP contribution in [0.25, 0.3) is 0 Å². The van der Waals surface area contributed by atoms with E-state index in [0.29, 0.717) is 13.0 Å². The van der Waals surface area contributed by atoms with Gasteiger partial charge in [0.2, 0.25) is 5.91 Å². The Bertz CT molecular complexity index is 444. The van der Waals surface area contributed by atoms with Crippen molar-refractivity contribution in [1.82, 2.24) is 4.90 Å². The molecule has 2 atom stereocenters. The van der Waals surface area contributed by atoms with Gasteiger partial charge in [0.05, 0.1) is 0 Å². The van der Waals surface area contributed by atoms with Gasteiger partial charge >= 0.3 is 0 Å². The van der Waals surface area contributed by atoms with Crippen molar-refractivity contribution >= 4 is 5.91 Å². The summed E-state index contributed by atoms with van der Waals surface area (Å²) < 4.78 is 0. The average Bonchev–Trinajstić information content (AvgIpc) is 2.53. The van der Waals surface area contributed by atoms with Crippen LogP contribution in [0, 0.1) is 5.92 Å². The van der Waals surface area contributed by atoms with E-state index in [1.165, 1.54) is 0 Å². The van der Waals surface area contributed by atoms with Crippen molar-refractivity contribution in [2.24, 2.45) is 5.92 Å². The molecule has 0 aromatic heterocycles. The van der Waals surface area contributed by atoms with Crippen LogP contribution in [0.15, 0.2) is 43.0 Å². The largest absolute Gasteiger partial charge is 0.396 e. The molecule has 0 saturated carbocycles. The van der Waals surface area contributed by atoms with Gasteiger partial charge in [-0.05, 0) is 24.3 Å². The molecule has 20 heavy (non-hydrogen) atoms. The van der Waals surface area contributed by atoms with Gasteiger partial charge in [-0.3, -0.25) is 4.79 Å². The van der Waals surface area contributed by atoms with Crippen LogP contribution in [-0.4, -0.2) is 35.6 Å². The highest BCUT2D eigenvalue weighted by molar-refractivity contribution is 5.77. The van der Waals surface area contributed by atoms with Crippen LogP contribution in [0.4, 0.5) is 0 Å². The minimum absolute atomic E-state index is 0.0678. The van der Waals surface area contributed by atoms with Crippen LogP contribution in [0.5, 0.6) is 0 Å². The van der Waals surface area contributed by atoms with Crippen molar-refractivity contribution in [3.63, 3.8) is 0 Å². The van der Waals surface area contributed by atoms with Crippen LogP contribution in [0.1, 0.15) is 30.7 Å². The van der Waals surface area contributed by atoms with E-state index >= 15 is 0 Å². The van der Waals surface area contributed by atoms with E-state index < -0.39 is 0 Å². The van der Waals surface area contributed by atoms with Crippen LogP contribution in [-0.2, 0) is 4.79 Å². The van der Waals surface area contributed by atoms with Crippen LogP contribution < -0.4 is 0 Å². The number of aliphatic hydroxyl groups is 1. The fourth-order valence-corrected chi connectivity index (χ4v) is 2.80. The molecule has 2 rings (SSSR count). The first kappa shape index (κ1) is 14.8. The number of allylic oxidation sites excluding steroid dienone is 1. The van der Waals surface area contributed by atoms with E-state index in [-0.39, 0.29) is 24.3 Å². The van der Waals surface area contributed by atoms with E-state index in [9.17, 15) is 9.90 Å². The molecular formula is C17H23NO2. The summed E-state index contributed by atoms with van der Waals surface area (Å²) in [7, 11) is 0. The molecule has 0 aliphatic carbocycles. The number of carbonyl (C=O) groups is 1. The molecule has 1 aromatic rings. The van der Waals surface area contributed by atoms with Crippen molar-refractivity contribution in [2.75, 3.05) is 19.7 Å². The predicted octanol–water partition coefficient (Wildman–Crippen LogP) is 2.58. The van der Waals surface area contributed by atoms with Gasteiger partial charge < -0.3 is 10.0 Å². The lowest BCUT2D eigenvalue weighted by Crippen LogP contribution is -2.41. The van der Waals surface area contributed by atoms with Crippen LogP contribution in [0.3, 0.4) is 0 Å². The van der Waals surface area contributed by atoms with Crippen LogP contribution >= 0.6 is 0 Å². The first-order valence-corrected chi connectivity index (χ1v) is 7.30. The third-order valence-corrected chi connectivity index (χ3v) is 4.04. The summed E-state index contributed by atoms with van der Waals surface area (Å²) in [6, 6.07) is 10.0. The van der Waals surface area contributed by atoms with Gasteiger partial charge in [-0.1, -0.05) is 36.4 Å². The van der Waals surface area contributed by atoms with E-state index in [0.717, 1.165) is 24.9 Å². The molecule has 3 nitrogen and oxygen atoms in total. The monoisotopic (exact) mass is 273 g/mol. The summed E-state index contributed by atoms with van der Waals surface area (Å²) >= 11 is 0. The third-order valence-electron chi connectivity index (χ3n) is 4.04. The smallest absolute Gasteiger partial charge is 0.223 e. The highest BCUT2D eigenvalue weighted by Crippen LogP contribution is 2.23. The average molecular weight is 273 g/mol. The number of hydrogen-bond donors (Lipinski definition) is 1. The molecule has 1 heterocycles. The van der Waals surface area contributed by atoms with E-state index in [4.69, 9.17) is 0 Å². The Morgan fingerprint density at radius 1 is 1.45 bits per heavy atom. The minimum atomic E-state index is 0.0678. The molecule has 108 valence electrons. The zero-order valence-electron chi connectivity index (χ0n) is 11.9. The van der Waals surface area contributed by atoms with Crippen molar-refractivity contribution in [3.8, 4) is 0 Å². The molecular weight excluding hydrogens is 250 g/mol. The summed E-state index contributed by atoms with van der Waals surface area (Å²) in [4.78, 5) is 14.3. The number of hydrogen-bond acceptors (Lipinski definition) is 2. The molecule has 0 spiro atoms. The molecule has 1 fully saturated rings. The maximum absolute atomic E-state index is 12.4. The number of rotatable bonds is 5. The standard InChI is InChI=1S/C17H23NO2/c1-2-15(16-8-4-3-5-9-16)11-17(20)18-10-6-7-14(12-18)13-19/h2-5,8-9,14-15,19H,1,6-7,10-13H2. The maximum Gasteiger partial charge on any atom is 0.223 e. The van der Waals surface area contributed by atoms with Gasteiger partial charge in [0.1, 0.15) is 0 Å². The van der Waals surface area contributed by atoms with Crippen LogP contribution in [0.2, 0.25) is 0 Å². The van der Waals surface area contributed by atoms with Crippen molar-refractivity contribution < 1.29 is 9.90 Å². The summed E-state index contributed by atoms with van der Waals surface area (Å²) in [5, 5.41) is 9.24. The Kier molecular flexibility index (Phi) is 5.36. The molecule has 1 N–H and O–H groups in total. The minimum Gasteiger partial charge on any atom is -0.396 e. The maximum atomic E-state index is 12.4. The lowest BCUT2D eigenvalue weighted by atomic mass is 9.93. The molecule has 3 heteroatoms. The zero-order chi connectivity index (χ0) is 14.4. The fraction of sp³-hybridized carbons (Fsp3) is 0.471. The number of aliphatic hydroxyl groups excluding tert-OH is 1. The van der Waals surface area contributed by atoms with E-state index in [1.54, 1.807) is 0 Å². The second-order valence-corrected chi connectivity index (χ2v) is 5.49. The molecule has 1 aromatic carbocycles. The molecule has 0 radical (unpaired) electrons. The van der Waals surface area contributed by atoms with Gasteiger partial charge in [0, 0.05) is 32.0 Å². The molecule has 1 amide bonds. The number of amides is 1. The summed E-state index contributed by atoms with van der Waals surface area (Å²) in [5.74, 6) is 0.474. The topological polar surface area (TPSA) is 40.5 Å².